The third kappa shape index (κ3) is 3.55. The van der Waals surface area contributed by atoms with E-state index in [-0.39, 0.29) is 5.41 Å². The Kier molecular flexibility index (Phi) is 5.51. The van der Waals surface area contributed by atoms with Gasteiger partial charge in [0, 0.05) is 18.6 Å². The molecule has 0 aromatic rings. The van der Waals surface area contributed by atoms with Crippen molar-refractivity contribution in [1.29, 1.82) is 0 Å². The van der Waals surface area contributed by atoms with Crippen molar-refractivity contribution in [2.75, 3.05) is 26.8 Å². The Labute approximate surface area is 76.7 Å². The molecule has 0 aliphatic rings. The first kappa shape index (κ1) is 11.9. The molecule has 0 spiro atoms. The monoisotopic (exact) mass is 173 g/mol. The normalized spacial score (nSPS) is 16.5. The molecule has 0 heterocycles. The Morgan fingerprint density at radius 1 is 1.42 bits per heavy atom. The highest BCUT2D eigenvalue weighted by atomic mass is 16.5. The van der Waals surface area contributed by atoms with Gasteiger partial charge in [0.1, 0.15) is 0 Å². The fourth-order valence-electron chi connectivity index (χ4n) is 1.16. The number of hydrogen-bond acceptors (Lipinski definition) is 2. The largest absolute Gasteiger partial charge is 0.381 e. The predicted molar refractivity (Wildman–Crippen MR) is 53.4 cm³/mol. The maximum absolute atomic E-state index is 5.47. The molecule has 0 saturated heterocycles. The lowest BCUT2D eigenvalue weighted by Gasteiger charge is -2.33. The van der Waals surface area contributed by atoms with E-state index < -0.39 is 0 Å². The van der Waals surface area contributed by atoms with Crippen LogP contribution in [0, 0.1) is 11.3 Å². The molecule has 0 fully saturated rings. The summed E-state index contributed by atoms with van der Waals surface area (Å²) in [4.78, 5) is 0. The quantitative estimate of drug-likeness (QED) is 0.662. The second kappa shape index (κ2) is 5.55. The topological polar surface area (TPSA) is 21.3 Å². The van der Waals surface area contributed by atoms with Crippen LogP contribution in [-0.4, -0.2) is 26.8 Å². The maximum atomic E-state index is 5.47. The van der Waals surface area contributed by atoms with Gasteiger partial charge in [0.15, 0.2) is 0 Å². The smallest absolute Gasteiger partial charge is 0.0534 e. The Balaban J connectivity index is 3.99. The molecule has 0 aliphatic heterocycles. The van der Waals surface area contributed by atoms with Crippen molar-refractivity contribution < 1.29 is 4.74 Å². The third-order valence-electron chi connectivity index (χ3n) is 2.61. The number of ether oxygens (including phenoxy) is 1. The molecule has 74 valence electrons. The first-order chi connectivity index (χ1) is 5.56. The molecule has 1 atom stereocenters. The SMILES string of the molecule is CCOCC(C)(CNC)C(C)C. The molecule has 2 nitrogen and oxygen atoms in total. The molecule has 1 unspecified atom stereocenters. The summed E-state index contributed by atoms with van der Waals surface area (Å²) in [5.74, 6) is 0.650. The summed E-state index contributed by atoms with van der Waals surface area (Å²) in [5.41, 5.74) is 0.269. The first-order valence-electron chi connectivity index (χ1n) is 4.79. The van der Waals surface area contributed by atoms with Crippen molar-refractivity contribution >= 4 is 0 Å². The van der Waals surface area contributed by atoms with Gasteiger partial charge in [-0.1, -0.05) is 20.8 Å². The van der Waals surface area contributed by atoms with Crippen molar-refractivity contribution in [2.24, 2.45) is 11.3 Å². The van der Waals surface area contributed by atoms with Gasteiger partial charge < -0.3 is 10.1 Å². The molecule has 0 amide bonds. The average Bonchev–Trinajstić information content (AvgIpc) is 2.01. The second-order valence-corrected chi connectivity index (χ2v) is 3.98. The maximum Gasteiger partial charge on any atom is 0.0534 e. The van der Waals surface area contributed by atoms with E-state index in [9.17, 15) is 0 Å². The molecular formula is C10H23NO. The molecule has 0 radical (unpaired) electrons. The molecule has 0 saturated carbocycles. The molecular weight excluding hydrogens is 150 g/mol. The van der Waals surface area contributed by atoms with Gasteiger partial charge in [0.2, 0.25) is 0 Å². The summed E-state index contributed by atoms with van der Waals surface area (Å²) in [6.07, 6.45) is 0. The molecule has 12 heavy (non-hydrogen) atoms. The van der Waals surface area contributed by atoms with Gasteiger partial charge in [0.05, 0.1) is 6.61 Å². The minimum absolute atomic E-state index is 0.269. The van der Waals surface area contributed by atoms with Crippen LogP contribution in [0.5, 0.6) is 0 Å². The Bertz CT molecular complexity index is 114. The van der Waals surface area contributed by atoms with Gasteiger partial charge in [-0.15, -0.1) is 0 Å². The summed E-state index contributed by atoms with van der Waals surface area (Å²) < 4.78 is 5.47. The Morgan fingerprint density at radius 3 is 2.33 bits per heavy atom. The minimum Gasteiger partial charge on any atom is -0.381 e. The van der Waals surface area contributed by atoms with Gasteiger partial charge >= 0.3 is 0 Å². The summed E-state index contributed by atoms with van der Waals surface area (Å²) in [6.45, 7) is 11.5. The number of hydrogen-bond donors (Lipinski definition) is 1. The van der Waals surface area contributed by atoms with E-state index in [0.29, 0.717) is 5.92 Å². The second-order valence-electron chi connectivity index (χ2n) is 3.98. The van der Waals surface area contributed by atoms with Gasteiger partial charge in [-0.3, -0.25) is 0 Å². The number of rotatable bonds is 6. The first-order valence-corrected chi connectivity index (χ1v) is 4.79. The van der Waals surface area contributed by atoms with E-state index >= 15 is 0 Å². The van der Waals surface area contributed by atoms with Gasteiger partial charge in [-0.2, -0.15) is 0 Å². The third-order valence-corrected chi connectivity index (χ3v) is 2.61. The van der Waals surface area contributed by atoms with Gasteiger partial charge in [0.25, 0.3) is 0 Å². The van der Waals surface area contributed by atoms with Crippen LogP contribution in [-0.2, 0) is 4.74 Å². The summed E-state index contributed by atoms with van der Waals surface area (Å²) in [5, 5.41) is 3.22. The van der Waals surface area contributed by atoms with E-state index in [1.807, 2.05) is 14.0 Å². The number of nitrogens with one attached hydrogen (secondary N) is 1. The van der Waals surface area contributed by atoms with E-state index in [4.69, 9.17) is 4.74 Å². The summed E-state index contributed by atoms with van der Waals surface area (Å²) in [6, 6.07) is 0. The predicted octanol–water partition coefficient (Wildman–Crippen LogP) is 1.90. The van der Waals surface area contributed by atoms with Crippen LogP contribution in [0.15, 0.2) is 0 Å². The molecule has 2 heteroatoms. The van der Waals surface area contributed by atoms with Gasteiger partial charge in [-0.25, -0.2) is 0 Å². The van der Waals surface area contributed by atoms with E-state index in [1.165, 1.54) is 0 Å². The van der Waals surface area contributed by atoms with Crippen molar-refractivity contribution in [3.63, 3.8) is 0 Å². The van der Waals surface area contributed by atoms with Crippen LogP contribution in [0.25, 0.3) is 0 Å². The standard InChI is InChI=1S/C10H23NO/c1-6-12-8-10(4,7-11-5)9(2)3/h9,11H,6-8H2,1-5H3. The van der Waals surface area contributed by atoms with Crippen molar-refractivity contribution in [3.05, 3.63) is 0 Å². The minimum atomic E-state index is 0.269. The fraction of sp³-hybridized carbons (Fsp3) is 1.00. The highest BCUT2D eigenvalue weighted by molar-refractivity contribution is 4.79. The fourth-order valence-corrected chi connectivity index (χ4v) is 1.16. The van der Waals surface area contributed by atoms with Crippen molar-refractivity contribution in [1.82, 2.24) is 5.32 Å². The highest BCUT2D eigenvalue weighted by Crippen LogP contribution is 2.26. The lowest BCUT2D eigenvalue weighted by atomic mass is 9.80. The van der Waals surface area contributed by atoms with Crippen LogP contribution in [0.4, 0.5) is 0 Å². The lowest BCUT2D eigenvalue weighted by molar-refractivity contribution is 0.0339. The van der Waals surface area contributed by atoms with Crippen LogP contribution < -0.4 is 5.32 Å². The molecule has 0 aromatic carbocycles. The molecule has 0 bridgehead atoms. The van der Waals surface area contributed by atoms with E-state index in [0.717, 1.165) is 19.8 Å². The zero-order valence-electron chi connectivity index (χ0n) is 9.11. The summed E-state index contributed by atoms with van der Waals surface area (Å²) in [7, 11) is 1.99. The lowest BCUT2D eigenvalue weighted by Crippen LogP contribution is -2.38. The Hall–Kier alpha value is -0.0800. The average molecular weight is 173 g/mol. The zero-order valence-corrected chi connectivity index (χ0v) is 9.11. The van der Waals surface area contributed by atoms with Crippen LogP contribution in [0.1, 0.15) is 27.7 Å². The van der Waals surface area contributed by atoms with Crippen LogP contribution >= 0.6 is 0 Å². The van der Waals surface area contributed by atoms with Gasteiger partial charge in [-0.05, 0) is 19.9 Å². The molecule has 0 aromatic heterocycles. The molecule has 0 aliphatic carbocycles. The van der Waals surface area contributed by atoms with E-state index in [1.54, 1.807) is 0 Å². The summed E-state index contributed by atoms with van der Waals surface area (Å²) >= 11 is 0. The zero-order chi connectivity index (χ0) is 9.61. The van der Waals surface area contributed by atoms with E-state index in [2.05, 4.69) is 26.1 Å². The van der Waals surface area contributed by atoms with Crippen molar-refractivity contribution in [3.8, 4) is 0 Å². The molecule has 1 N–H and O–H groups in total. The van der Waals surface area contributed by atoms with Crippen molar-refractivity contribution in [2.45, 2.75) is 27.7 Å². The van der Waals surface area contributed by atoms with Crippen LogP contribution in [0.2, 0.25) is 0 Å². The Morgan fingerprint density at radius 2 is 2.00 bits per heavy atom. The van der Waals surface area contributed by atoms with Crippen LogP contribution in [0.3, 0.4) is 0 Å². The molecule has 0 rings (SSSR count). The highest BCUT2D eigenvalue weighted by Gasteiger charge is 2.27.